The van der Waals surface area contributed by atoms with Gasteiger partial charge in [0.1, 0.15) is 12.3 Å². The number of nitrogens with zero attached hydrogens (tertiary/aromatic N) is 1. The van der Waals surface area contributed by atoms with Gasteiger partial charge in [-0.1, -0.05) is 22.9 Å². The number of carbonyl (C=O) groups excluding carboxylic acids is 2. The fourth-order valence-corrected chi connectivity index (χ4v) is 1.70. The first-order chi connectivity index (χ1) is 11.0. The summed E-state index contributed by atoms with van der Waals surface area (Å²) >= 11 is 0. The summed E-state index contributed by atoms with van der Waals surface area (Å²) in [6.07, 6.45) is 0. The quantitative estimate of drug-likeness (QED) is 0.648. The second-order valence-electron chi connectivity index (χ2n) is 4.72. The van der Waals surface area contributed by atoms with Crippen LogP contribution in [0.5, 0.6) is 0 Å². The lowest BCUT2D eigenvalue weighted by molar-refractivity contribution is 0.0513. The second kappa shape index (κ2) is 7.35. The molecule has 0 spiro atoms. The van der Waals surface area contributed by atoms with E-state index in [2.05, 4.69) is 5.16 Å². The van der Waals surface area contributed by atoms with E-state index in [4.69, 9.17) is 19.4 Å². The molecule has 1 heterocycles. The molecule has 0 amide bonds. The minimum atomic E-state index is -0.632. The summed E-state index contributed by atoms with van der Waals surface area (Å²) in [4.78, 5) is 23.3. The molecule has 7 nitrogen and oxygen atoms in total. The van der Waals surface area contributed by atoms with Gasteiger partial charge in [0.05, 0.1) is 12.2 Å². The molecule has 2 aromatic rings. The second-order valence-corrected chi connectivity index (χ2v) is 4.72. The lowest BCUT2D eigenvalue weighted by Gasteiger charge is -2.04. The van der Waals surface area contributed by atoms with Crippen molar-refractivity contribution in [3.8, 4) is 0 Å². The number of aromatic nitrogens is 1. The Bertz CT molecular complexity index is 718. The highest BCUT2D eigenvalue weighted by atomic mass is 16.5. The summed E-state index contributed by atoms with van der Waals surface area (Å²) in [6.45, 7) is 3.51. The SMILES string of the molecule is CCOC(=O)c1cc(C(=N)COC(=O)c2ccc(C)cc2)on1. The molecule has 0 atom stereocenters. The largest absolute Gasteiger partial charge is 0.461 e. The third kappa shape index (κ3) is 4.26. The molecule has 0 unspecified atom stereocenters. The molecular formula is C16H16N2O5. The van der Waals surface area contributed by atoms with Gasteiger partial charge in [-0.3, -0.25) is 5.41 Å². The van der Waals surface area contributed by atoms with Crippen LogP contribution in [0.1, 0.15) is 39.1 Å². The van der Waals surface area contributed by atoms with E-state index in [-0.39, 0.29) is 30.4 Å². The number of carbonyl (C=O) groups is 2. The molecule has 1 N–H and O–H groups in total. The average Bonchev–Trinajstić information content (AvgIpc) is 3.03. The fourth-order valence-electron chi connectivity index (χ4n) is 1.70. The summed E-state index contributed by atoms with van der Waals surface area (Å²) in [5, 5.41) is 11.3. The molecule has 0 saturated carbocycles. The number of aryl methyl sites for hydroxylation is 1. The summed E-state index contributed by atoms with van der Waals surface area (Å²) < 4.78 is 14.7. The number of nitrogens with one attached hydrogen (secondary N) is 1. The molecular weight excluding hydrogens is 300 g/mol. The number of esters is 2. The zero-order valence-corrected chi connectivity index (χ0v) is 12.8. The van der Waals surface area contributed by atoms with Crippen molar-refractivity contribution in [2.45, 2.75) is 13.8 Å². The van der Waals surface area contributed by atoms with Crippen LogP contribution in [0, 0.1) is 12.3 Å². The van der Waals surface area contributed by atoms with E-state index in [9.17, 15) is 9.59 Å². The van der Waals surface area contributed by atoms with Crippen LogP contribution in [0.25, 0.3) is 0 Å². The number of hydrogen-bond donors (Lipinski definition) is 1. The van der Waals surface area contributed by atoms with Crippen molar-refractivity contribution in [1.82, 2.24) is 5.16 Å². The molecule has 0 radical (unpaired) electrons. The standard InChI is InChI=1S/C16H16N2O5/c1-3-21-16(20)13-8-14(23-18-13)12(17)9-22-15(19)11-6-4-10(2)5-7-11/h4-8,17H,3,9H2,1-2H3. The molecule has 0 aliphatic heterocycles. The van der Waals surface area contributed by atoms with Crippen LogP contribution in [0.4, 0.5) is 0 Å². The molecule has 0 aliphatic carbocycles. The molecule has 0 saturated heterocycles. The predicted octanol–water partition coefficient (Wildman–Crippen LogP) is 2.38. The first-order valence-electron chi connectivity index (χ1n) is 6.96. The highest BCUT2D eigenvalue weighted by Gasteiger charge is 2.17. The van der Waals surface area contributed by atoms with Gasteiger partial charge in [-0.2, -0.15) is 0 Å². The minimum Gasteiger partial charge on any atom is -0.461 e. The van der Waals surface area contributed by atoms with Crippen molar-refractivity contribution in [2.75, 3.05) is 13.2 Å². The monoisotopic (exact) mass is 316 g/mol. The van der Waals surface area contributed by atoms with E-state index in [1.54, 1.807) is 31.2 Å². The Kier molecular flexibility index (Phi) is 5.24. The van der Waals surface area contributed by atoms with Crippen molar-refractivity contribution in [3.05, 3.63) is 52.9 Å². The van der Waals surface area contributed by atoms with Crippen molar-refractivity contribution >= 4 is 17.7 Å². The Morgan fingerprint density at radius 3 is 2.52 bits per heavy atom. The van der Waals surface area contributed by atoms with E-state index < -0.39 is 11.9 Å². The maximum atomic E-state index is 11.9. The minimum absolute atomic E-state index is 0.0311. The molecule has 0 bridgehead atoms. The summed E-state index contributed by atoms with van der Waals surface area (Å²) in [7, 11) is 0. The van der Waals surface area contributed by atoms with E-state index in [0.717, 1.165) is 5.56 Å². The summed E-state index contributed by atoms with van der Waals surface area (Å²) in [5.41, 5.74) is 1.29. The van der Waals surface area contributed by atoms with E-state index >= 15 is 0 Å². The Morgan fingerprint density at radius 1 is 1.17 bits per heavy atom. The van der Waals surface area contributed by atoms with Crippen molar-refractivity contribution in [3.63, 3.8) is 0 Å². The Labute approximate surface area is 132 Å². The van der Waals surface area contributed by atoms with Gasteiger partial charge in [-0.15, -0.1) is 0 Å². The molecule has 0 fully saturated rings. The zero-order valence-electron chi connectivity index (χ0n) is 12.8. The summed E-state index contributed by atoms with van der Waals surface area (Å²) in [6, 6.07) is 8.16. The van der Waals surface area contributed by atoms with Gasteiger partial charge in [0.15, 0.2) is 11.5 Å². The van der Waals surface area contributed by atoms with Crippen molar-refractivity contribution in [1.29, 1.82) is 5.41 Å². The molecule has 7 heteroatoms. The topological polar surface area (TPSA) is 102 Å². The number of ether oxygens (including phenoxy) is 2. The third-order valence-electron chi connectivity index (χ3n) is 2.93. The van der Waals surface area contributed by atoms with Crippen molar-refractivity contribution in [2.24, 2.45) is 0 Å². The summed E-state index contributed by atoms with van der Waals surface area (Å²) in [5.74, 6) is -1.13. The van der Waals surface area contributed by atoms with E-state index in [0.29, 0.717) is 5.56 Å². The highest BCUT2D eigenvalue weighted by Crippen LogP contribution is 2.08. The zero-order chi connectivity index (χ0) is 16.8. The van der Waals surface area contributed by atoms with E-state index in [1.165, 1.54) is 6.07 Å². The van der Waals surface area contributed by atoms with E-state index in [1.807, 2.05) is 6.92 Å². The number of rotatable bonds is 6. The first kappa shape index (κ1) is 16.4. The van der Waals surface area contributed by atoms with Gasteiger partial charge in [0.2, 0.25) is 0 Å². The van der Waals surface area contributed by atoms with Crippen molar-refractivity contribution < 1.29 is 23.6 Å². The Hall–Kier alpha value is -2.96. The molecule has 1 aromatic heterocycles. The lowest BCUT2D eigenvalue weighted by Crippen LogP contribution is -2.14. The van der Waals surface area contributed by atoms with Crippen LogP contribution in [0.2, 0.25) is 0 Å². The van der Waals surface area contributed by atoms with Gasteiger partial charge in [0, 0.05) is 6.07 Å². The normalized spacial score (nSPS) is 10.2. The highest BCUT2D eigenvalue weighted by molar-refractivity contribution is 6.00. The third-order valence-corrected chi connectivity index (χ3v) is 2.93. The first-order valence-corrected chi connectivity index (χ1v) is 6.96. The van der Waals surface area contributed by atoms with Gasteiger partial charge in [0.25, 0.3) is 0 Å². The maximum absolute atomic E-state index is 11.9. The van der Waals surface area contributed by atoms with Crippen LogP contribution in [-0.4, -0.2) is 36.0 Å². The Morgan fingerprint density at radius 2 is 1.87 bits per heavy atom. The lowest BCUT2D eigenvalue weighted by atomic mass is 10.1. The molecule has 1 aromatic carbocycles. The van der Waals surface area contributed by atoms with Gasteiger partial charge >= 0.3 is 11.9 Å². The fraction of sp³-hybridized carbons (Fsp3) is 0.250. The van der Waals surface area contributed by atoms with Crippen LogP contribution in [0.15, 0.2) is 34.9 Å². The molecule has 23 heavy (non-hydrogen) atoms. The van der Waals surface area contributed by atoms with Crippen LogP contribution < -0.4 is 0 Å². The average molecular weight is 316 g/mol. The van der Waals surface area contributed by atoms with Gasteiger partial charge < -0.3 is 14.0 Å². The Balaban J connectivity index is 1.93. The maximum Gasteiger partial charge on any atom is 0.360 e. The molecule has 120 valence electrons. The van der Waals surface area contributed by atoms with Gasteiger partial charge in [-0.25, -0.2) is 9.59 Å². The molecule has 2 rings (SSSR count). The van der Waals surface area contributed by atoms with Gasteiger partial charge in [-0.05, 0) is 26.0 Å². The van der Waals surface area contributed by atoms with Crippen LogP contribution in [0.3, 0.4) is 0 Å². The predicted molar refractivity (Wildman–Crippen MR) is 80.7 cm³/mol. The van der Waals surface area contributed by atoms with Crippen LogP contribution >= 0.6 is 0 Å². The smallest absolute Gasteiger partial charge is 0.360 e. The number of benzene rings is 1. The molecule has 0 aliphatic rings. The van der Waals surface area contributed by atoms with Crippen LogP contribution in [-0.2, 0) is 9.47 Å². The number of hydrogen-bond acceptors (Lipinski definition) is 7.